The maximum atomic E-state index is 13.7. The summed E-state index contributed by atoms with van der Waals surface area (Å²) in [6.45, 7) is 1.23. The second-order valence-electron chi connectivity index (χ2n) is 4.37. The molecule has 1 atom stereocenters. The smallest absolute Gasteiger partial charge is 0.165 e. The van der Waals surface area contributed by atoms with Crippen molar-refractivity contribution in [3.05, 3.63) is 65.0 Å². The fourth-order valence-corrected chi connectivity index (χ4v) is 1.71. The minimum atomic E-state index is -1.01. The maximum absolute atomic E-state index is 13.7. The summed E-state index contributed by atoms with van der Waals surface area (Å²) in [5.41, 5.74) is 0.413. The average Bonchev–Trinajstić information content (AvgIpc) is 2.41. The van der Waals surface area contributed by atoms with Gasteiger partial charge in [-0.25, -0.2) is 13.2 Å². The van der Waals surface area contributed by atoms with E-state index in [1.54, 1.807) is 0 Å². The molecule has 2 aromatic carbocycles. The van der Waals surface area contributed by atoms with E-state index in [-0.39, 0.29) is 17.9 Å². The van der Waals surface area contributed by atoms with Crippen LogP contribution in [0, 0.1) is 17.5 Å². The first-order valence-electron chi connectivity index (χ1n) is 6.02. The van der Waals surface area contributed by atoms with Crippen molar-refractivity contribution < 1.29 is 23.0 Å². The van der Waals surface area contributed by atoms with Gasteiger partial charge in [-0.05, 0) is 30.7 Å². The van der Waals surface area contributed by atoms with Crippen LogP contribution in [0.1, 0.15) is 24.2 Å². The summed E-state index contributed by atoms with van der Waals surface area (Å²) in [5.74, 6) is -2.73. The van der Waals surface area contributed by atoms with Crippen LogP contribution in [0.15, 0.2) is 36.4 Å². The van der Waals surface area contributed by atoms with Gasteiger partial charge in [0.25, 0.3) is 0 Å². The van der Waals surface area contributed by atoms with Gasteiger partial charge in [0.2, 0.25) is 0 Å². The summed E-state index contributed by atoms with van der Waals surface area (Å²) in [7, 11) is 0. The van der Waals surface area contributed by atoms with Crippen molar-refractivity contribution in [3.8, 4) is 5.75 Å². The molecule has 0 saturated heterocycles. The molecular weight excluding hydrogens is 269 g/mol. The summed E-state index contributed by atoms with van der Waals surface area (Å²) in [5, 5.41) is 9.32. The number of ether oxygens (including phenoxy) is 1. The van der Waals surface area contributed by atoms with Gasteiger partial charge in [0.05, 0.1) is 6.10 Å². The average molecular weight is 282 g/mol. The van der Waals surface area contributed by atoms with Gasteiger partial charge in [0.15, 0.2) is 23.2 Å². The van der Waals surface area contributed by atoms with Crippen molar-refractivity contribution in [2.75, 3.05) is 0 Å². The van der Waals surface area contributed by atoms with Crippen LogP contribution in [-0.4, -0.2) is 5.11 Å². The van der Waals surface area contributed by atoms with Gasteiger partial charge in [-0.2, -0.15) is 0 Å². The minimum absolute atomic E-state index is 0.00371. The Balaban J connectivity index is 2.13. The molecule has 2 aromatic rings. The van der Waals surface area contributed by atoms with Crippen LogP contribution in [0.4, 0.5) is 13.2 Å². The van der Waals surface area contributed by atoms with E-state index in [1.807, 2.05) is 0 Å². The fraction of sp³-hybridized carbons (Fsp3) is 0.200. The topological polar surface area (TPSA) is 29.5 Å². The third kappa shape index (κ3) is 3.11. The molecule has 2 nitrogen and oxygen atoms in total. The van der Waals surface area contributed by atoms with Crippen molar-refractivity contribution in [1.82, 2.24) is 0 Å². The zero-order chi connectivity index (χ0) is 14.7. The Bertz CT molecular complexity index is 612. The molecule has 0 bridgehead atoms. The molecule has 0 heterocycles. The zero-order valence-corrected chi connectivity index (χ0v) is 10.7. The van der Waals surface area contributed by atoms with Gasteiger partial charge in [0.1, 0.15) is 6.61 Å². The predicted molar refractivity (Wildman–Crippen MR) is 67.7 cm³/mol. The number of halogens is 3. The highest BCUT2D eigenvalue weighted by Crippen LogP contribution is 2.23. The van der Waals surface area contributed by atoms with Crippen molar-refractivity contribution in [2.45, 2.75) is 19.6 Å². The van der Waals surface area contributed by atoms with E-state index in [9.17, 15) is 18.3 Å². The van der Waals surface area contributed by atoms with Gasteiger partial charge in [-0.3, -0.25) is 0 Å². The Labute approximate surface area is 114 Å². The lowest BCUT2D eigenvalue weighted by atomic mass is 10.1. The van der Waals surface area contributed by atoms with Crippen LogP contribution in [0.25, 0.3) is 0 Å². The van der Waals surface area contributed by atoms with E-state index >= 15 is 0 Å². The molecule has 0 aliphatic rings. The molecule has 0 fully saturated rings. The first-order chi connectivity index (χ1) is 9.49. The molecule has 106 valence electrons. The minimum Gasteiger partial charge on any atom is -0.486 e. The SMILES string of the molecule is C[C@@H](O)c1ccc(OCc2cccc(F)c2F)c(F)c1. The van der Waals surface area contributed by atoms with E-state index in [4.69, 9.17) is 4.74 Å². The summed E-state index contributed by atoms with van der Waals surface area (Å²) < 4.78 is 45.2. The van der Waals surface area contributed by atoms with Gasteiger partial charge in [-0.1, -0.05) is 18.2 Å². The number of benzene rings is 2. The Kier molecular flexibility index (Phi) is 4.29. The van der Waals surface area contributed by atoms with Crippen molar-refractivity contribution in [1.29, 1.82) is 0 Å². The van der Waals surface area contributed by atoms with Crippen LogP contribution >= 0.6 is 0 Å². The highest BCUT2D eigenvalue weighted by Gasteiger charge is 2.11. The van der Waals surface area contributed by atoms with Crippen LogP contribution in [-0.2, 0) is 6.61 Å². The number of rotatable bonds is 4. The quantitative estimate of drug-likeness (QED) is 0.925. The Morgan fingerprint density at radius 3 is 2.50 bits per heavy atom. The number of hydrogen-bond donors (Lipinski definition) is 1. The molecule has 1 N–H and O–H groups in total. The molecule has 0 spiro atoms. The number of hydrogen-bond acceptors (Lipinski definition) is 2. The van der Waals surface area contributed by atoms with Gasteiger partial charge < -0.3 is 9.84 Å². The Morgan fingerprint density at radius 1 is 1.10 bits per heavy atom. The summed E-state index contributed by atoms with van der Waals surface area (Å²) in [6.07, 6.45) is -0.792. The van der Waals surface area contributed by atoms with Crippen LogP contribution < -0.4 is 4.74 Å². The number of aliphatic hydroxyl groups is 1. The van der Waals surface area contributed by atoms with Crippen molar-refractivity contribution >= 4 is 0 Å². The normalized spacial score (nSPS) is 12.2. The first kappa shape index (κ1) is 14.4. The Hall–Kier alpha value is -2.01. The standard InChI is InChI=1S/C15H13F3O2/c1-9(19)10-5-6-14(13(17)7-10)20-8-11-3-2-4-12(16)15(11)18/h2-7,9,19H,8H2,1H3/t9-/m1/s1. The predicted octanol–water partition coefficient (Wildman–Crippen LogP) is 3.74. The molecule has 2 rings (SSSR count). The van der Waals surface area contributed by atoms with Gasteiger partial charge >= 0.3 is 0 Å². The molecule has 20 heavy (non-hydrogen) atoms. The van der Waals surface area contributed by atoms with Crippen LogP contribution in [0.3, 0.4) is 0 Å². The molecule has 0 aliphatic heterocycles. The third-order valence-electron chi connectivity index (χ3n) is 2.85. The summed E-state index contributed by atoms with van der Waals surface area (Å²) >= 11 is 0. The van der Waals surface area contributed by atoms with E-state index in [0.717, 1.165) is 12.1 Å². The lowest BCUT2D eigenvalue weighted by Crippen LogP contribution is -2.02. The second kappa shape index (κ2) is 5.96. The molecular formula is C15H13F3O2. The zero-order valence-electron chi connectivity index (χ0n) is 10.7. The largest absolute Gasteiger partial charge is 0.486 e. The van der Waals surface area contributed by atoms with E-state index in [2.05, 4.69) is 0 Å². The van der Waals surface area contributed by atoms with E-state index in [0.29, 0.717) is 5.56 Å². The van der Waals surface area contributed by atoms with Gasteiger partial charge in [0, 0.05) is 5.56 Å². The van der Waals surface area contributed by atoms with Crippen LogP contribution in [0.5, 0.6) is 5.75 Å². The monoisotopic (exact) mass is 282 g/mol. The van der Waals surface area contributed by atoms with E-state index in [1.165, 1.54) is 31.2 Å². The van der Waals surface area contributed by atoms with Gasteiger partial charge in [-0.15, -0.1) is 0 Å². The molecule has 0 radical (unpaired) electrons. The molecule has 0 unspecified atom stereocenters. The summed E-state index contributed by atoms with van der Waals surface area (Å²) in [6, 6.07) is 7.70. The fourth-order valence-electron chi connectivity index (χ4n) is 1.71. The highest BCUT2D eigenvalue weighted by atomic mass is 19.2. The lowest BCUT2D eigenvalue weighted by molar-refractivity contribution is 0.198. The van der Waals surface area contributed by atoms with E-state index < -0.39 is 23.6 Å². The highest BCUT2D eigenvalue weighted by molar-refractivity contribution is 5.30. The number of aliphatic hydroxyl groups excluding tert-OH is 1. The molecule has 5 heteroatoms. The summed E-state index contributed by atoms with van der Waals surface area (Å²) in [4.78, 5) is 0. The molecule has 0 aliphatic carbocycles. The first-order valence-corrected chi connectivity index (χ1v) is 6.02. The van der Waals surface area contributed by atoms with Crippen molar-refractivity contribution in [2.24, 2.45) is 0 Å². The lowest BCUT2D eigenvalue weighted by Gasteiger charge is -2.10. The maximum Gasteiger partial charge on any atom is 0.165 e. The Morgan fingerprint density at radius 2 is 1.85 bits per heavy atom. The molecule has 0 saturated carbocycles. The van der Waals surface area contributed by atoms with Crippen molar-refractivity contribution in [3.63, 3.8) is 0 Å². The molecule has 0 aromatic heterocycles. The van der Waals surface area contributed by atoms with Crippen LogP contribution in [0.2, 0.25) is 0 Å². The second-order valence-corrected chi connectivity index (χ2v) is 4.37. The molecule has 0 amide bonds. The third-order valence-corrected chi connectivity index (χ3v) is 2.85.